The number of nitrogens with zero attached hydrogens (tertiary/aromatic N) is 3. The molecule has 1 aromatic rings. The van der Waals surface area contributed by atoms with E-state index in [0.29, 0.717) is 18.3 Å². The van der Waals surface area contributed by atoms with Crippen LogP contribution in [0.3, 0.4) is 0 Å². The minimum Gasteiger partial charge on any atom is -0.377 e. The molecule has 6 nitrogen and oxygen atoms in total. The van der Waals surface area contributed by atoms with Gasteiger partial charge in [0.05, 0.1) is 6.04 Å². The van der Waals surface area contributed by atoms with Crippen LogP contribution in [0.4, 0.5) is 0 Å². The monoisotopic (exact) mass is 278 g/mol. The molecule has 0 radical (unpaired) electrons. The van der Waals surface area contributed by atoms with Gasteiger partial charge in [0.2, 0.25) is 5.91 Å². The summed E-state index contributed by atoms with van der Waals surface area (Å²) in [4.78, 5) is 22.2. The summed E-state index contributed by atoms with van der Waals surface area (Å²) in [5, 5.41) is 0. The van der Waals surface area contributed by atoms with Gasteiger partial charge in [-0.3, -0.25) is 9.69 Å². The van der Waals surface area contributed by atoms with Crippen molar-refractivity contribution in [2.75, 3.05) is 20.2 Å². The number of hydrogen-bond acceptors (Lipinski definition) is 5. The Hall–Kier alpha value is -1.53. The minimum absolute atomic E-state index is 0.224. The highest BCUT2D eigenvalue weighted by Crippen LogP contribution is 2.26. The number of nitrogens with two attached hydrogens (primary N) is 1. The molecule has 0 bridgehead atoms. The van der Waals surface area contributed by atoms with Crippen LogP contribution >= 0.6 is 0 Å². The van der Waals surface area contributed by atoms with E-state index in [0.717, 1.165) is 31.6 Å². The number of hydrogen-bond donors (Lipinski definition) is 1. The van der Waals surface area contributed by atoms with Crippen molar-refractivity contribution in [2.45, 2.75) is 38.3 Å². The smallest absolute Gasteiger partial charge is 0.234 e. The first-order valence-corrected chi connectivity index (χ1v) is 6.96. The van der Waals surface area contributed by atoms with Crippen LogP contribution in [0.5, 0.6) is 0 Å². The van der Waals surface area contributed by atoms with Gasteiger partial charge in [-0.15, -0.1) is 0 Å². The molecule has 20 heavy (non-hydrogen) atoms. The van der Waals surface area contributed by atoms with Crippen LogP contribution in [0.15, 0.2) is 12.3 Å². The maximum atomic E-state index is 11.3. The molecule has 1 aromatic heterocycles. The van der Waals surface area contributed by atoms with Gasteiger partial charge < -0.3 is 10.5 Å². The van der Waals surface area contributed by atoms with Crippen LogP contribution in [0.25, 0.3) is 0 Å². The topological polar surface area (TPSA) is 81.3 Å². The van der Waals surface area contributed by atoms with Gasteiger partial charge in [-0.05, 0) is 32.4 Å². The summed E-state index contributed by atoms with van der Waals surface area (Å²) in [5.74, 6) is 0.752. The standard InChI is InChI=1S/C14H22N4O2/c1-10(14(15)19)18-7-3-4-11(8-18)12-5-6-16-13(17-12)9-20-2/h5-6,10-11H,3-4,7-9H2,1-2H3,(H2,15,19)/t10-,11-/m0/s1. The number of methoxy groups -OCH3 is 1. The lowest BCUT2D eigenvalue weighted by Gasteiger charge is -2.35. The second-order valence-corrected chi connectivity index (χ2v) is 5.24. The molecule has 1 fully saturated rings. The summed E-state index contributed by atoms with van der Waals surface area (Å²) in [6.45, 7) is 4.01. The Bertz CT molecular complexity index is 466. The Kier molecular flexibility index (Phi) is 5.03. The molecule has 0 spiro atoms. The Morgan fingerprint density at radius 3 is 3.15 bits per heavy atom. The van der Waals surface area contributed by atoms with E-state index in [2.05, 4.69) is 14.9 Å². The molecule has 1 saturated heterocycles. The Morgan fingerprint density at radius 2 is 2.45 bits per heavy atom. The molecule has 0 aromatic carbocycles. The zero-order chi connectivity index (χ0) is 14.5. The lowest BCUT2D eigenvalue weighted by Crippen LogP contribution is -2.47. The molecule has 6 heteroatoms. The fourth-order valence-electron chi connectivity index (χ4n) is 2.62. The van der Waals surface area contributed by atoms with Crippen LogP contribution in [0.1, 0.15) is 37.2 Å². The first kappa shape index (κ1) is 14.9. The van der Waals surface area contributed by atoms with E-state index < -0.39 is 0 Å². The molecule has 0 saturated carbocycles. The second kappa shape index (κ2) is 6.76. The molecule has 2 N–H and O–H groups in total. The summed E-state index contributed by atoms with van der Waals surface area (Å²) in [7, 11) is 1.63. The molecule has 0 unspecified atom stereocenters. The highest BCUT2D eigenvalue weighted by atomic mass is 16.5. The summed E-state index contributed by atoms with van der Waals surface area (Å²) < 4.78 is 5.06. The van der Waals surface area contributed by atoms with E-state index >= 15 is 0 Å². The van der Waals surface area contributed by atoms with E-state index in [1.807, 2.05) is 13.0 Å². The Balaban J connectivity index is 2.08. The number of amides is 1. The third-order valence-electron chi connectivity index (χ3n) is 3.83. The summed E-state index contributed by atoms with van der Waals surface area (Å²) in [6.07, 6.45) is 3.89. The molecule has 1 aliphatic rings. The quantitative estimate of drug-likeness (QED) is 0.856. The van der Waals surface area contributed by atoms with Crippen molar-refractivity contribution in [3.05, 3.63) is 23.8 Å². The van der Waals surface area contributed by atoms with Gasteiger partial charge >= 0.3 is 0 Å². The average molecular weight is 278 g/mol. The van der Waals surface area contributed by atoms with Gasteiger partial charge in [-0.2, -0.15) is 0 Å². The minimum atomic E-state index is -0.270. The highest BCUT2D eigenvalue weighted by Gasteiger charge is 2.27. The van der Waals surface area contributed by atoms with Crippen molar-refractivity contribution in [1.29, 1.82) is 0 Å². The fourth-order valence-corrected chi connectivity index (χ4v) is 2.62. The van der Waals surface area contributed by atoms with Crippen LogP contribution < -0.4 is 5.73 Å². The predicted molar refractivity (Wildman–Crippen MR) is 74.9 cm³/mol. The average Bonchev–Trinajstić information content (AvgIpc) is 2.47. The molecular formula is C14H22N4O2. The normalized spacial score (nSPS) is 21.6. The SMILES string of the molecule is COCc1nccc([C@H]2CCCN([C@@H](C)C(N)=O)C2)n1. The lowest BCUT2D eigenvalue weighted by atomic mass is 9.93. The lowest BCUT2D eigenvalue weighted by molar-refractivity contribution is -0.123. The van der Waals surface area contributed by atoms with Crippen molar-refractivity contribution in [2.24, 2.45) is 5.73 Å². The molecule has 2 rings (SSSR count). The maximum Gasteiger partial charge on any atom is 0.234 e. The first-order chi connectivity index (χ1) is 9.61. The van der Waals surface area contributed by atoms with Crippen molar-refractivity contribution >= 4 is 5.91 Å². The second-order valence-electron chi connectivity index (χ2n) is 5.24. The van der Waals surface area contributed by atoms with Gasteiger partial charge in [-0.25, -0.2) is 9.97 Å². The highest BCUT2D eigenvalue weighted by molar-refractivity contribution is 5.79. The fraction of sp³-hybridized carbons (Fsp3) is 0.643. The van der Waals surface area contributed by atoms with E-state index in [9.17, 15) is 4.79 Å². The molecule has 2 atom stereocenters. The van der Waals surface area contributed by atoms with Crippen molar-refractivity contribution in [3.63, 3.8) is 0 Å². The van der Waals surface area contributed by atoms with E-state index in [1.54, 1.807) is 13.3 Å². The van der Waals surface area contributed by atoms with Crippen LogP contribution in [0.2, 0.25) is 0 Å². The van der Waals surface area contributed by atoms with Crippen LogP contribution in [-0.4, -0.2) is 47.0 Å². The molecular weight excluding hydrogens is 256 g/mol. The number of ether oxygens (including phenoxy) is 1. The van der Waals surface area contributed by atoms with Gasteiger partial charge in [-0.1, -0.05) is 0 Å². The number of carbonyl (C=O) groups is 1. The molecule has 1 amide bonds. The Labute approximate surface area is 119 Å². The molecule has 110 valence electrons. The van der Waals surface area contributed by atoms with E-state index in [4.69, 9.17) is 10.5 Å². The number of likely N-dealkylation sites (tertiary alicyclic amines) is 1. The van der Waals surface area contributed by atoms with Gasteiger partial charge in [0, 0.05) is 31.5 Å². The zero-order valence-corrected chi connectivity index (χ0v) is 12.1. The maximum absolute atomic E-state index is 11.3. The summed E-state index contributed by atoms with van der Waals surface area (Å²) in [6, 6.07) is 1.72. The van der Waals surface area contributed by atoms with E-state index in [1.165, 1.54) is 0 Å². The Morgan fingerprint density at radius 1 is 1.65 bits per heavy atom. The number of primary amides is 1. The van der Waals surface area contributed by atoms with Crippen LogP contribution in [-0.2, 0) is 16.1 Å². The molecule has 1 aliphatic heterocycles. The van der Waals surface area contributed by atoms with Crippen LogP contribution in [0, 0.1) is 0 Å². The van der Waals surface area contributed by atoms with Gasteiger partial charge in [0.25, 0.3) is 0 Å². The summed E-state index contributed by atoms with van der Waals surface area (Å²) in [5.41, 5.74) is 6.41. The zero-order valence-electron chi connectivity index (χ0n) is 12.1. The van der Waals surface area contributed by atoms with Crippen molar-refractivity contribution in [1.82, 2.24) is 14.9 Å². The van der Waals surface area contributed by atoms with Gasteiger partial charge in [0.15, 0.2) is 5.82 Å². The third-order valence-corrected chi connectivity index (χ3v) is 3.83. The van der Waals surface area contributed by atoms with Gasteiger partial charge in [0.1, 0.15) is 6.61 Å². The largest absolute Gasteiger partial charge is 0.377 e. The third kappa shape index (κ3) is 3.52. The van der Waals surface area contributed by atoms with Crippen molar-refractivity contribution < 1.29 is 9.53 Å². The van der Waals surface area contributed by atoms with E-state index in [-0.39, 0.29) is 11.9 Å². The molecule has 0 aliphatic carbocycles. The first-order valence-electron chi connectivity index (χ1n) is 6.96. The predicted octanol–water partition coefficient (Wildman–Crippen LogP) is 0.676. The van der Waals surface area contributed by atoms with Crippen molar-refractivity contribution in [3.8, 4) is 0 Å². The summed E-state index contributed by atoms with van der Waals surface area (Å²) >= 11 is 0. The molecule has 2 heterocycles. The number of carbonyl (C=O) groups excluding carboxylic acids is 1. The number of piperidine rings is 1. The number of aromatic nitrogens is 2. The number of rotatable bonds is 5.